The molecule has 1 aromatic heterocycles. The van der Waals surface area contributed by atoms with Crippen LogP contribution in [0.3, 0.4) is 0 Å². The highest BCUT2D eigenvalue weighted by Gasteiger charge is 2.91. The molecule has 1 N–H and O–H groups in total. The van der Waals surface area contributed by atoms with E-state index >= 15 is 0 Å². The molecule has 40 heavy (non-hydrogen) atoms. The number of esters is 3. The third-order valence-electron chi connectivity index (χ3n) is 12.2. The van der Waals surface area contributed by atoms with Gasteiger partial charge in [-0.3, -0.25) is 14.4 Å². The van der Waals surface area contributed by atoms with Gasteiger partial charge in [-0.05, 0) is 24.8 Å². The number of aliphatic hydroxyl groups is 1. The molecule has 0 radical (unpaired) electrons. The maximum absolute atomic E-state index is 13.2. The number of fused-ring (bicyclic) bond motifs is 2. The summed E-state index contributed by atoms with van der Waals surface area (Å²) < 4.78 is 35.8. The second-order valence-corrected chi connectivity index (χ2v) is 13.6. The molecule has 7 aliphatic rings. The van der Waals surface area contributed by atoms with Gasteiger partial charge in [0.25, 0.3) is 0 Å². The lowest BCUT2D eigenvalue weighted by atomic mass is 9.34. The van der Waals surface area contributed by atoms with E-state index < -0.39 is 63.8 Å². The van der Waals surface area contributed by atoms with Gasteiger partial charge in [-0.25, -0.2) is 0 Å². The highest BCUT2D eigenvalue weighted by atomic mass is 16.7. The number of ether oxygens (including phenoxy) is 5. The number of hydrogen-bond acceptors (Lipinski definition) is 10. The summed E-state index contributed by atoms with van der Waals surface area (Å²) in [7, 11) is 1.36. The second-order valence-electron chi connectivity index (χ2n) is 13.6. The van der Waals surface area contributed by atoms with Gasteiger partial charge in [0, 0.05) is 46.5 Å². The zero-order valence-electron chi connectivity index (χ0n) is 23.6. The number of furan rings is 1. The normalized spacial score (nSPS) is 51.5. The van der Waals surface area contributed by atoms with E-state index in [9.17, 15) is 19.5 Å². The SMILES string of the molecule is CCC(=O)O[C@@H]1C2[C@H]3O[C@]34[C@@H]3CC(=O)O[C@@H](c5ccoc5)[C@]3(C)CC[C@@H]4[C@]3(C)[C@@H](CC(=O)OC)[C@]1(C)CO[C@]23O. The van der Waals surface area contributed by atoms with Crippen molar-refractivity contribution in [2.24, 2.45) is 39.9 Å². The fourth-order valence-corrected chi connectivity index (χ4v) is 10.3. The van der Waals surface area contributed by atoms with Crippen LogP contribution in [0.15, 0.2) is 23.0 Å². The molecule has 7 fully saturated rings. The van der Waals surface area contributed by atoms with Gasteiger partial charge >= 0.3 is 17.9 Å². The topological polar surface area (TPSA) is 134 Å². The van der Waals surface area contributed by atoms with Gasteiger partial charge in [0.2, 0.25) is 0 Å². The summed E-state index contributed by atoms with van der Waals surface area (Å²) in [6, 6.07) is 1.83. The van der Waals surface area contributed by atoms with Crippen LogP contribution in [0.4, 0.5) is 0 Å². The Labute approximate surface area is 233 Å². The highest BCUT2D eigenvalue weighted by Crippen LogP contribution is 2.82. The second kappa shape index (κ2) is 8.10. The van der Waals surface area contributed by atoms with Crippen LogP contribution in [0.2, 0.25) is 0 Å². The molecule has 10 heteroatoms. The fraction of sp³-hybridized carbons (Fsp3) is 0.767. The Bertz CT molecular complexity index is 1260. The number of methoxy groups -OCH3 is 1. The summed E-state index contributed by atoms with van der Waals surface area (Å²) in [5.74, 6) is -4.30. The van der Waals surface area contributed by atoms with Crippen LogP contribution >= 0.6 is 0 Å². The Morgan fingerprint density at radius 1 is 1.15 bits per heavy atom. The number of rotatable bonds is 5. The standard InChI is InChI=1S/C30H38O10/c1-6-19(31)38-24-22-25-29(40-25)16(28(4)17(11-20(32)35-5)27(24,3)14-37-30(22,28)34)7-9-26(2)18(29)12-21(33)39-23(26)15-8-10-36-13-15/h8,10,13,16-18,22-25,34H,6-7,9,11-12,14H2,1-5H3/t16-,17+,18-,22?,23+,24-,25-,26-,27+,28-,29-,30-/m1/s1. The molecule has 0 aromatic carbocycles. The molecule has 12 atom stereocenters. The van der Waals surface area contributed by atoms with E-state index in [2.05, 4.69) is 6.92 Å². The molecule has 1 unspecified atom stereocenters. The van der Waals surface area contributed by atoms with Crippen molar-refractivity contribution in [3.63, 3.8) is 0 Å². The molecule has 4 aliphatic heterocycles. The minimum atomic E-state index is -1.69. The first-order valence-corrected chi connectivity index (χ1v) is 14.4. The maximum atomic E-state index is 13.2. The molecule has 4 bridgehead atoms. The molecular formula is C30H38O10. The molecule has 218 valence electrons. The average molecular weight is 559 g/mol. The largest absolute Gasteiger partial charge is 0.472 e. The van der Waals surface area contributed by atoms with E-state index in [0.717, 1.165) is 12.0 Å². The van der Waals surface area contributed by atoms with Crippen LogP contribution in [0, 0.1) is 39.9 Å². The van der Waals surface area contributed by atoms with E-state index in [-0.39, 0.29) is 49.6 Å². The van der Waals surface area contributed by atoms with Gasteiger partial charge in [0.1, 0.15) is 17.8 Å². The van der Waals surface area contributed by atoms with Crippen molar-refractivity contribution < 1.29 is 47.6 Å². The summed E-state index contributed by atoms with van der Waals surface area (Å²) in [6.45, 7) is 8.02. The van der Waals surface area contributed by atoms with Crippen molar-refractivity contribution in [1.82, 2.24) is 0 Å². The van der Waals surface area contributed by atoms with Crippen molar-refractivity contribution in [2.45, 2.75) is 89.5 Å². The molecule has 8 rings (SSSR count). The minimum absolute atomic E-state index is 0.0426. The van der Waals surface area contributed by atoms with Gasteiger partial charge in [0.15, 0.2) is 5.79 Å². The van der Waals surface area contributed by atoms with E-state index in [1.165, 1.54) is 7.11 Å². The zero-order valence-corrected chi connectivity index (χ0v) is 23.6. The maximum Gasteiger partial charge on any atom is 0.306 e. The van der Waals surface area contributed by atoms with E-state index in [4.69, 9.17) is 28.1 Å². The van der Waals surface area contributed by atoms with E-state index in [1.807, 2.05) is 19.9 Å². The van der Waals surface area contributed by atoms with Gasteiger partial charge in [0.05, 0.1) is 44.7 Å². The van der Waals surface area contributed by atoms with Crippen LogP contribution in [0.25, 0.3) is 0 Å². The smallest absolute Gasteiger partial charge is 0.306 e. The molecule has 10 nitrogen and oxygen atoms in total. The first kappa shape index (κ1) is 26.5. The van der Waals surface area contributed by atoms with E-state index in [1.54, 1.807) is 19.5 Å². The van der Waals surface area contributed by atoms with Gasteiger partial charge < -0.3 is 33.2 Å². The van der Waals surface area contributed by atoms with Crippen LogP contribution in [0.1, 0.15) is 71.5 Å². The molecule has 0 amide bonds. The molecule has 5 heterocycles. The third kappa shape index (κ3) is 2.88. The lowest BCUT2D eigenvalue weighted by Crippen LogP contribution is -2.83. The Kier molecular flexibility index (Phi) is 5.36. The lowest BCUT2D eigenvalue weighted by molar-refractivity contribution is -0.446. The third-order valence-corrected chi connectivity index (χ3v) is 12.2. The predicted molar refractivity (Wildman–Crippen MR) is 135 cm³/mol. The van der Waals surface area contributed by atoms with Crippen molar-refractivity contribution >= 4 is 17.9 Å². The number of carbonyl (C=O) groups excluding carboxylic acids is 3. The van der Waals surface area contributed by atoms with Crippen LogP contribution in [0.5, 0.6) is 0 Å². The molecule has 1 aromatic rings. The summed E-state index contributed by atoms with van der Waals surface area (Å²) >= 11 is 0. The average Bonchev–Trinajstić information content (AvgIpc) is 3.37. The highest BCUT2D eigenvalue weighted by molar-refractivity contribution is 5.73. The summed E-state index contributed by atoms with van der Waals surface area (Å²) in [5, 5.41) is 12.6. The molecule has 3 saturated carbocycles. The number of hydrogen-bond donors (Lipinski definition) is 1. The number of epoxide rings is 1. The van der Waals surface area contributed by atoms with Crippen molar-refractivity contribution in [1.29, 1.82) is 0 Å². The van der Waals surface area contributed by atoms with Crippen molar-refractivity contribution in [3.8, 4) is 0 Å². The molecule has 3 aliphatic carbocycles. The quantitative estimate of drug-likeness (QED) is 0.326. The van der Waals surface area contributed by atoms with Crippen LogP contribution < -0.4 is 0 Å². The fourth-order valence-electron chi connectivity index (χ4n) is 10.3. The summed E-state index contributed by atoms with van der Waals surface area (Å²) in [5.41, 5.74) is -2.11. The Morgan fingerprint density at radius 2 is 1.93 bits per heavy atom. The monoisotopic (exact) mass is 558 g/mol. The lowest BCUT2D eigenvalue weighted by Gasteiger charge is -2.74. The van der Waals surface area contributed by atoms with Crippen LogP contribution in [-0.2, 0) is 38.1 Å². The Balaban J connectivity index is 1.39. The van der Waals surface area contributed by atoms with Crippen molar-refractivity contribution in [3.05, 3.63) is 24.2 Å². The van der Waals surface area contributed by atoms with Gasteiger partial charge in [-0.15, -0.1) is 0 Å². The van der Waals surface area contributed by atoms with E-state index in [0.29, 0.717) is 6.42 Å². The number of cyclic esters (lactones) is 1. The molecular weight excluding hydrogens is 520 g/mol. The first-order valence-electron chi connectivity index (χ1n) is 14.4. The van der Waals surface area contributed by atoms with Gasteiger partial charge in [-0.2, -0.15) is 0 Å². The Morgan fingerprint density at radius 3 is 2.60 bits per heavy atom. The van der Waals surface area contributed by atoms with Crippen LogP contribution in [-0.4, -0.2) is 60.3 Å². The molecule has 4 saturated heterocycles. The predicted octanol–water partition coefficient (Wildman–Crippen LogP) is 3.31. The van der Waals surface area contributed by atoms with Crippen molar-refractivity contribution in [2.75, 3.05) is 13.7 Å². The Hall–Kier alpha value is -2.43. The zero-order chi connectivity index (χ0) is 28.5. The van der Waals surface area contributed by atoms with Gasteiger partial charge in [-0.1, -0.05) is 27.7 Å². The molecule has 1 spiro atoms. The first-order chi connectivity index (χ1) is 18.9. The number of carbonyl (C=O) groups is 3. The summed E-state index contributed by atoms with van der Waals surface area (Å²) in [6.07, 6.45) is 3.28. The minimum Gasteiger partial charge on any atom is -0.472 e. The summed E-state index contributed by atoms with van der Waals surface area (Å²) in [4.78, 5) is 38.8.